The number of hydrogen-bond acceptors (Lipinski definition) is 4. The molecule has 0 aromatic carbocycles. The molecule has 1 fully saturated rings. The Kier molecular flexibility index (Phi) is 4.35. The van der Waals surface area contributed by atoms with E-state index in [0.29, 0.717) is 18.8 Å². The van der Waals surface area contributed by atoms with Crippen molar-refractivity contribution >= 4 is 6.03 Å². The Morgan fingerprint density at radius 2 is 2.12 bits per heavy atom. The van der Waals surface area contributed by atoms with E-state index in [2.05, 4.69) is 20.0 Å². The molecule has 1 saturated heterocycles. The van der Waals surface area contributed by atoms with Crippen LogP contribution < -0.4 is 5.32 Å². The second-order valence-electron chi connectivity index (χ2n) is 4.23. The zero-order chi connectivity index (χ0) is 11.9. The lowest BCUT2D eigenvalue weighted by atomic mass is 10.2. The van der Waals surface area contributed by atoms with Gasteiger partial charge in [-0.15, -0.1) is 0 Å². The average molecular weight is 238 g/mol. The maximum atomic E-state index is 11.8. The summed E-state index contributed by atoms with van der Waals surface area (Å²) < 4.78 is 4.62. The van der Waals surface area contributed by atoms with Crippen molar-refractivity contribution in [2.24, 2.45) is 0 Å². The van der Waals surface area contributed by atoms with Crippen molar-refractivity contribution in [3.8, 4) is 0 Å². The van der Waals surface area contributed by atoms with Gasteiger partial charge in [0.2, 0.25) is 6.39 Å². The molecule has 0 unspecified atom stereocenters. The number of carbonyl (C=O) groups is 1. The number of nitrogens with one attached hydrogen (secondary N) is 1. The van der Waals surface area contributed by atoms with Crippen molar-refractivity contribution in [2.75, 3.05) is 19.6 Å². The lowest BCUT2D eigenvalue weighted by Gasteiger charge is -2.20. The normalized spacial score (nSPS) is 16.6. The second-order valence-corrected chi connectivity index (χ2v) is 4.23. The molecule has 6 nitrogen and oxygen atoms in total. The Labute approximate surface area is 100 Å². The first-order valence-corrected chi connectivity index (χ1v) is 6.14. The molecule has 6 heteroatoms. The third-order valence-electron chi connectivity index (χ3n) is 2.93. The average Bonchev–Trinajstić information content (AvgIpc) is 2.69. The number of rotatable bonds is 3. The Morgan fingerprint density at radius 3 is 2.76 bits per heavy atom. The standard InChI is InChI=1S/C11H18N4O2/c16-11(15-7-3-1-2-4-8-15)12-6-5-10-13-9-17-14-10/h9H,1-8H2,(H,12,16). The summed E-state index contributed by atoms with van der Waals surface area (Å²) in [6.07, 6.45) is 6.58. The number of likely N-dealkylation sites (tertiary alicyclic amines) is 1. The van der Waals surface area contributed by atoms with Gasteiger partial charge in [-0.25, -0.2) is 4.79 Å². The summed E-state index contributed by atoms with van der Waals surface area (Å²) in [4.78, 5) is 17.6. The first-order valence-electron chi connectivity index (χ1n) is 6.14. The van der Waals surface area contributed by atoms with Crippen LogP contribution in [0.4, 0.5) is 4.79 Å². The van der Waals surface area contributed by atoms with E-state index in [1.54, 1.807) is 0 Å². The van der Waals surface area contributed by atoms with Crippen LogP contribution in [0.15, 0.2) is 10.9 Å². The molecule has 0 aliphatic carbocycles. The van der Waals surface area contributed by atoms with E-state index in [1.807, 2.05) is 4.90 Å². The third kappa shape index (κ3) is 3.72. The lowest BCUT2D eigenvalue weighted by molar-refractivity contribution is 0.200. The largest absolute Gasteiger partial charge is 0.343 e. The van der Waals surface area contributed by atoms with Crippen LogP contribution in [0, 0.1) is 0 Å². The van der Waals surface area contributed by atoms with Crippen LogP contribution in [0.3, 0.4) is 0 Å². The molecule has 0 spiro atoms. The van der Waals surface area contributed by atoms with Crippen LogP contribution in [0.5, 0.6) is 0 Å². The van der Waals surface area contributed by atoms with E-state index < -0.39 is 0 Å². The fraction of sp³-hybridized carbons (Fsp3) is 0.727. The number of urea groups is 1. The molecule has 1 aromatic rings. The highest BCUT2D eigenvalue weighted by molar-refractivity contribution is 5.74. The van der Waals surface area contributed by atoms with Crippen molar-refractivity contribution in [1.82, 2.24) is 20.4 Å². The summed E-state index contributed by atoms with van der Waals surface area (Å²) in [5.74, 6) is 0.626. The van der Waals surface area contributed by atoms with Crippen molar-refractivity contribution in [2.45, 2.75) is 32.1 Å². The van der Waals surface area contributed by atoms with E-state index in [0.717, 1.165) is 25.9 Å². The minimum atomic E-state index is 0.0235. The molecule has 0 saturated carbocycles. The van der Waals surface area contributed by atoms with Gasteiger partial charge in [0.05, 0.1) is 0 Å². The molecular weight excluding hydrogens is 220 g/mol. The quantitative estimate of drug-likeness (QED) is 0.858. The number of carbonyl (C=O) groups excluding carboxylic acids is 1. The minimum absolute atomic E-state index is 0.0235. The SMILES string of the molecule is O=C(NCCc1ncon1)N1CCCCCC1. The summed E-state index contributed by atoms with van der Waals surface area (Å²) >= 11 is 0. The zero-order valence-corrected chi connectivity index (χ0v) is 9.89. The number of nitrogens with zero attached hydrogens (tertiary/aromatic N) is 3. The summed E-state index contributed by atoms with van der Waals surface area (Å²) in [5, 5.41) is 6.57. The highest BCUT2D eigenvalue weighted by atomic mass is 16.5. The van der Waals surface area contributed by atoms with Crippen molar-refractivity contribution in [3.05, 3.63) is 12.2 Å². The monoisotopic (exact) mass is 238 g/mol. The Hall–Kier alpha value is -1.59. The van der Waals surface area contributed by atoms with Gasteiger partial charge in [-0.05, 0) is 12.8 Å². The lowest BCUT2D eigenvalue weighted by Crippen LogP contribution is -2.41. The molecule has 1 aromatic heterocycles. The predicted molar refractivity (Wildman–Crippen MR) is 61.4 cm³/mol. The van der Waals surface area contributed by atoms with E-state index >= 15 is 0 Å². The van der Waals surface area contributed by atoms with Gasteiger partial charge in [0.25, 0.3) is 0 Å². The van der Waals surface area contributed by atoms with Crippen LogP contribution in [0.2, 0.25) is 0 Å². The fourth-order valence-corrected chi connectivity index (χ4v) is 1.97. The van der Waals surface area contributed by atoms with Gasteiger partial charge >= 0.3 is 6.03 Å². The fourth-order valence-electron chi connectivity index (χ4n) is 1.97. The first-order chi connectivity index (χ1) is 8.36. The van der Waals surface area contributed by atoms with Crippen LogP contribution >= 0.6 is 0 Å². The number of aromatic nitrogens is 2. The summed E-state index contributed by atoms with van der Waals surface area (Å²) in [6.45, 7) is 2.29. The molecule has 1 aliphatic rings. The van der Waals surface area contributed by atoms with Gasteiger partial charge in [0.1, 0.15) is 0 Å². The van der Waals surface area contributed by atoms with E-state index in [4.69, 9.17) is 0 Å². The predicted octanol–water partition coefficient (Wildman–Crippen LogP) is 1.20. The maximum Gasteiger partial charge on any atom is 0.317 e. The van der Waals surface area contributed by atoms with Crippen molar-refractivity contribution in [3.63, 3.8) is 0 Å². The Bertz CT molecular complexity index is 331. The van der Waals surface area contributed by atoms with Crippen LogP contribution in [-0.4, -0.2) is 40.7 Å². The van der Waals surface area contributed by atoms with Gasteiger partial charge in [-0.2, -0.15) is 4.98 Å². The Balaban J connectivity index is 1.69. The third-order valence-corrected chi connectivity index (χ3v) is 2.93. The molecule has 2 amide bonds. The molecule has 2 rings (SSSR count). The van der Waals surface area contributed by atoms with Crippen molar-refractivity contribution in [1.29, 1.82) is 0 Å². The molecule has 2 heterocycles. The zero-order valence-electron chi connectivity index (χ0n) is 9.89. The minimum Gasteiger partial charge on any atom is -0.343 e. The van der Waals surface area contributed by atoms with E-state index in [1.165, 1.54) is 19.2 Å². The highest BCUT2D eigenvalue weighted by Crippen LogP contribution is 2.09. The molecule has 1 N–H and O–H groups in total. The van der Waals surface area contributed by atoms with Gasteiger partial charge in [0, 0.05) is 26.1 Å². The van der Waals surface area contributed by atoms with Gasteiger partial charge in [-0.1, -0.05) is 18.0 Å². The molecule has 0 atom stereocenters. The van der Waals surface area contributed by atoms with Crippen LogP contribution in [-0.2, 0) is 6.42 Å². The van der Waals surface area contributed by atoms with E-state index in [9.17, 15) is 4.79 Å². The van der Waals surface area contributed by atoms with Gasteiger partial charge in [0.15, 0.2) is 5.82 Å². The maximum absolute atomic E-state index is 11.8. The molecule has 0 bridgehead atoms. The molecule has 17 heavy (non-hydrogen) atoms. The van der Waals surface area contributed by atoms with Gasteiger partial charge in [-0.3, -0.25) is 0 Å². The Morgan fingerprint density at radius 1 is 1.35 bits per heavy atom. The summed E-state index contributed by atoms with van der Waals surface area (Å²) in [7, 11) is 0. The number of hydrogen-bond donors (Lipinski definition) is 1. The van der Waals surface area contributed by atoms with Crippen LogP contribution in [0.25, 0.3) is 0 Å². The number of amides is 2. The second kappa shape index (κ2) is 6.22. The smallest absolute Gasteiger partial charge is 0.317 e. The molecule has 0 radical (unpaired) electrons. The molecular formula is C11H18N4O2. The highest BCUT2D eigenvalue weighted by Gasteiger charge is 2.14. The van der Waals surface area contributed by atoms with Gasteiger partial charge < -0.3 is 14.7 Å². The van der Waals surface area contributed by atoms with E-state index in [-0.39, 0.29) is 6.03 Å². The van der Waals surface area contributed by atoms with Crippen molar-refractivity contribution < 1.29 is 9.32 Å². The van der Waals surface area contributed by atoms with Crippen LogP contribution in [0.1, 0.15) is 31.5 Å². The first kappa shape index (κ1) is 11.9. The molecule has 1 aliphatic heterocycles. The molecule has 94 valence electrons. The topological polar surface area (TPSA) is 71.3 Å². The summed E-state index contributed by atoms with van der Waals surface area (Å²) in [6, 6.07) is 0.0235. The summed E-state index contributed by atoms with van der Waals surface area (Å²) in [5.41, 5.74) is 0.